The number of methoxy groups -OCH3 is 2. The predicted molar refractivity (Wildman–Crippen MR) is 126 cm³/mol. The SMILES string of the molecule is COC(=O)c1c(N)c(C2CCOCC2)nn1-c1ccc(CNC(=O)c2cc(F)ccc2OC)cc1. The highest BCUT2D eigenvalue weighted by molar-refractivity contribution is 5.97. The standard InChI is InChI=1S/C25H27FN4O5/c1-33-20-8-5-17(26)13-19(20)24(31)28-14-15-3-6-18(7-4-15)30-23(25(32)34-2)21(27)22(29-30)16-9-11-35-12-10-16/h3-8,13,16H,9-12,14,27H2,1-2H3,(H,28,31). The van der Waals surface area contributed by atoms with E-state index in [4.69, 9.17) is 19.9 Å². The van der Waals surface area contributed by atoms with Crippen LogP contribution in [-0.2, 0) is 16.0 Å². The quantitative estimate of drug-likeness (QED) is 0.497. The smallest absolute Gasteiger partial charge is 0.358 e. The molecule has 1 aromatic heterocycles. The molecule has 184 valence electrons. The maximum Gasteiger partial charge on any atom is 0.358 e. The van der Waals surface area contributed by atoms with Crippen LogP contribution in [0.1, 0.15) is 50.9 Å². The van der Waals surface area contributed by atoms with E-state index in [-0.39, 0.29) is 29.5 Å². The third kappa shape index (κ3) is 5.12. The van der Waals surface area contributed by atoms with Crippen LogP contribution in [0.5, 0.6) is 5.75 Å². The van der Waals surface area contributed by atoms with Gasteiger partial charge >= 0.3 is 5.97 Å². The number of carbonyl (C=O) groups is 2. The average molecular weight is 483 g/mol. The molecule has 35 heavy (non-hydrogen) atoms. The van der Waals surface area contributed by atoms with Crippen LogP contribution in [0.15, 0.2) is 42.5 Å². The largest absolute Gasteiger partial charge is 0.496 e. The van der Waals surface area contributed by atoms with Gasteiger partial charge in [-0.3, -0.25) is 4.79 Å². The number of anilines is 1. The molecule has 1 amide bonds. The zero-order chi connectivity index (χ0) is 24.9. The van der Waals surface area contributed by atoms with Gasteiger partial charge in [0, 0.05) is 25.7 Å². The summed E-state index contributed by atoms with van der Waals surface area (Å²) in [5, 5.41) is 7.42. The molecule has 3 aromatic rings. The molecule has 0 radical (unpaired) electrons. The van der Waals surface area contributed by atoms with Crippen molar-refractivity contribution in [3.05, 3.63) is 70.8 Å². The lowest BCUT2D eigenvalue weighted by atomic mass is 9.95. The fourth-order valence-electron chi connectivity index (χ4n) is 4.09. The first-order valence-electron chi connectivity index (χ1n) is 11.2. The highest BCUT2D eigenvalue weighted by Crippen LogP contribution is 2.33. The monoisotopic (exact) mass is 482 g/mol. The van der Waals surface area contributed by atoms with Gasteiger partial charge in [0.1, 0.15) is 11.6 Å². The lowest BCUT2D eigenvalue weighted by molar-refractivity contribution is 0.0591. The zero-order valence-electron chi connectivity index (χ0n) is 19.5. The molecular formula is C25H27FN4O5. The van der Waals surface area contributed by atoms with E-state index in [0.29, 0.717) is 30.3 Å². The maximum atomic E-state index is 13.6. The Bertz CT molecular complexity index is 1220. The minimum absolute atomic E-state index is 0.0997. The van der Waals surface area contributed by atoms with E-state index in [1.165, 1.54) is 31.0 Å². The molecule has 0 bridgehead atoms. The predicted octanol–water partition coefficient (Wildman–Crippen LogP) is 3.21. The van der Waals surface area contributed by atoms with Crippen molar-refractivity contribution in [1.29, 1.82) is 0 Å². The number of rotatable bonds is 7. The molecule has 0 atom stereocenters. The zero-order valence-corrected chi connectivity index (χ0v) is 19.5. The van der Waals surface area contributed by atoms with Gasteiger partial charge in [-0.2, -0.15) is 5.10 Å². The number of benzene rings is 2. The van der Waals surface area contributed by atoms with Crippen LogP contribution >= 0.6 is 0 Å². The first-order valence-corrected chi connectivity index (χ1v) is 11.2. The number of carbonyl (C=O) groups excluding carboxylic acids is 2. The Balaban J connectivity index is 1.54. The number of nitrogens with two attached hydrogens (primary N) is 1. The number of nitrogens with zero attached hydrogens (tertiary/aromatic N) is 2. The molecule has 10 heteroatoms. The minimum atomic E-state index is -0.575. The van der Waals surface area contributed by atoms with Gasteiger partial charge in [0.15, 0.2) is 5.69 Å². The lowest BCUT2D eigenvalue weighted by Crippen LogP contribution is -2.23. The first-order chi connectivity index (χ1) is 16.9. The van der Waals surface area contributed by atoms with E-state index in [0.717, 1.165) is 24.5 Å². The van der Waals surface area contributed by atoms with E-state index in [1.54, 1.807) is 24.3 Å². The van der Waals surface area contributed by atoms with Crippen molar-refractivity contribution in [1.82, 2.24) is 15.1 Å². The summed E-state index contributed by atoms with van der Waals surface area (Å²) in [6, 6.07) is 10.9. The Kier molecular flexibility index (Phi) is 7.31. The number of hydrogen-bond donors (Lipinski definition) is 2. The number of amides is 1. The molecule has 9 nitrogen and oxygen atoms in total. The van der Waals surface area contributed by atoms with Crippen LogP contribution < -0.4 is 15.8 Å². The number of esters is 1. The lowest BCUT2D eigenvalue weighted by Gasteiger charge is -2.20. The summed E-state index contributed by atoms with van der Waals surface area (Å²) in [7, 11) is 2.72. The Labute approximate surface area is 202 Å². The number of halogens is 1. The molecule has 1 aliphatic rings. The van der Waals surface area contributed by atoms with Crippen molar-refractivity contribution in [3.63, 3.8) is 0 Å². The molecule has 2 aromatic carbocycles. The highest BCUT2D eigenvalue weighted by atomic mass is 19.1. The first kappa shape index (κ1) is 24.2. The van der Waals surface area contributed by atoms with Crippen LogP contribution in [0.3, 0.4) is 0 Å². The van der Waals surface area contributed by atoms with E-state index in [1.807, 2.05) is 0 Å². The molecule has 3 N–H and O–H groups in total. The molecule has 2 heterocycles. The summed E-state index contributed by atoms with van der Waals surface area (Å²) < 4.78 is 30.6. The third-order valence-electron chi connectivity index (χ3n) is 5.98. The summed E-state index contributed by atoms with van der Waals surface area (Å²) in [6.45, 7) is 1.44. The Morgan fingerprint density at radius 2 is 1.89 bits per heavy atom. The topological polar surface area (TPSA) is 118 Å². The van der Waals surface area contributed by atoms with Gasteiger partial charge in [-0.15, -0.1) is 0 Å². The highest BCUT2D eigenvalue weighted by Gasteiger charge is 2.29. The van der Waals surface area contributed by atoms with Gasteiger partial charge in [0.2, 0.25) is 0 Å². The Morgan fingerprint density at radius 3 is 2.54 bits per heavy atom. The van der Waals surface area contributed by atoms with Crippen LogP contribution in [0.25, 0.3) is 5.69 Å². The van der Waals surface area contributed by atoms with Gasteiger partial charge in [-0.1, -0.05) is 12.1 Å². The summed E-state index contributed by atoms with van der Waals surface area (Å²) in [5.41, 5.74) is 9.01. The van der Waals surface area contributed by atoms with E-state index in [2.05, 4.69) is 10.4 Å². The second kappa shape index (κ2) is 10.6. The number of nitrogen functional groups attached to an aromatic ring is 1. The van der Waals surface area contributed by atoms with Gasteiger partial charge in [0.25, 0.3) is 5.91 Å². The van der Waals surface area contributed by atoms with Gasteiger partial charge in [-0.25, -0.2) is 13.9 Å². The molecular weight excluding hydrogens is 455 g/mol. The molecule has 0 saturated carbocycles. The van der Waals surface area contributed by atoms with E-state index < -0.39 is 17.7 Å². The number of hydrogen-bond acceptors (Lipinski definition) is 7. The van der Waals surface area contributed by atoms with Gasteiger partial charge in [-0.05, 0) is 48.7 Å². The van der Waals surface area contributed by atoms with Crippen molar-refractivity contribution < 1.29 is 28.2 Å². The summed E-state index contributed by atoms with van der Waals surface area (Å²) in [5.74, 6) is -1.18. The van der Waals surface area contributed by atoms with Crippen molar-refractivity contribution in [2.45, 2.75) is 25.3 Å². The van der Waals surface area contributed by atoms with Crippen LogP contribution in [0.4, 0.5) is 10.1 Å². The van der Waals surface area contributed by atoms with E-state index in [9.17, 15) is 14.0 Å². The molecule has 1 fully saturated rings. The third-order valence-corrected chi connectivity index (χ3v) is 5.98. The normalized spacial score (nSPS) is 13.9. The molecule has 0 unspecified atom stereocenters. The minimum Gasteiger partial charge on any atom is -0.496 e. The van der Waals surface area contributed by atoms with Crippen LogP contribution in [-0.4, -0.2) is 49.1 Å². The number of aromatic nitrogens is 2. The fraction of sp³-hybridized carbons (Fsp3) is 0.320. The van der Waals surface area contributed by atoms with Crippen molar-refractivity contribution in [2.24, 2.45) is 0 Å². The van der Waals surface area contributed by atoms with Gasteiger partial charge < -0.3 is 25.3 Å². The van der Waals surface area contributed by atoms with Crippen molar-refractivity contribution >= 4 is 17.6 Å². The summed E-state index contributed by atoms with van der Waals surface area (Å²) in [6.07, 6.45) is 1.55. The number of ether oxygens (including phenoxy) is 3. The Hall–Kier alpha value is -3.92. The van der Waals surface area contributed by atoms with E-state index >= 15 is 0 Å². The average Bonchev–Trinajstić information content (AvgIpc) is 3.24. The molecule has 1 aliphatic heterocycles. The van der Waals surface area contributed by atoms with Crippen LogP contribution in [0.2, 0.25) is 0 Å². The summed E-state index contributed by atoms with van der Waals surface area (Å²) in [4.78, 5) is 25.0. The second-order valence-electron chi connectivity index (χ2n) is 8.13. The Morgan fingerprint density at radius 1 is 1.17 bits per heavy atom. The molecule has 1 saturated heterocycles. The second-order valence-corrected chi connectivity index (χ2v) is 8.13. The number of nitrogens with one attached hydrogen (secondary N) is 1. The fourth-order valence-corrected chi connectivity index (χ4v) is 4.09. The molecule has 0 aliphatic carbocycles. The van der Waals surface area contributed by atoms with Crippen molar-refractivity contribution in [3.8, 4) is 11.4 Å². The van der Waals surface area contributed by atoms with Crippen molar-refractivity contribution in [2.75, 3.05) is 33.2 Å². The summed E-state index contributed by atoms with van der Waals surface area (Å²) >= 11 is 0. The molecule has 4 rings (SSSR count). The molecule has 0 spiro atoms. The van der Waals surface area contributed by atoms with Crippen LogP contribution in [0, 0.1) is 5.82 Å². The maximum absolute atomic E-state index is 13.6. The van der Waals surface area contributed by atoms with Gasteiger partial charge in [0.05, 0.1) is 36.9 Å².